The molecule has 0 spiro atoms. The van der Waals surface area contributed by atoms with E-state index in [2.05, 4.69) is 22.0 Å². The lowest BCUT2D eigenvalue weighted by molar-refractivity contribution is 0.0946. The molecule has 8 heteroatoms. The Morgan fingerprint density at radius 2 is 1.90 bits per heavy atom. The van der Waals surface area contributed by atoms with Gasteiger partial charge in [-0.25, -0.2) is 0 Å². The molecule has 30 heavy (non-hydrogen) atoms. The fraction of sp³-hybridized carbons (Fsp3) is 0.227. The topological polar surface area (TPSA) is 95.7 Å². The van der Waals surface area contributed by atoms with Gasteiger partial charge in [0.2, 0.25) is 11.7 Å². The number of benzene rings is 2. The molecule has 0 aliphatic rings. The number of aromatic nitrogens is 2. The van der Waals surface area contributed by atoms with Gasteiger partial charge in [0, 0.05) is 11.6 Å². The molecule has 0 saturated carbocycles. The van der Waals surface area contributed by atoms with E-state index in [9.17, 15) is 4.79 Å². The highest BCUT2D eigenvalue weighted by atomic mass is 16.5. The van der Waals surface area contributed by atoms with Crippen molar-refractivity contribution in [3.8, 4) is 28.6 Å². The number of allylic oxidation sites excluding steroid dienone is 1. The van der Waals surface area contributed by atoms with Crippen molar-refractivity contribution in [1.82, 2.24) is 15.5 Å². The van der Waals surface area contributed by atoms with E-state index in [0.717, 1.165) is 5.56 Å². The van der Waals surface area contributed by atoms with Crippen molar-refractivity contribution in [1.29, 1.82) is 0 Å². The number of carbonyl (C=O) groups excluding carboxylic acids is 1. The molecule has 3 aromatic rings. The average Bonchev–Trinajstić information content (AvgIpc) is 3.26. The first kappa shape index (κ1) is 20.9. The Balaban J connectivity index is 1.71. The van der Waals surface area contributed by atoms with E-state index in [1.54, 1.807) is 63.8 Å². The van der Waals surface area contributed by atoms with E-state index in [0.29, 0.717) is 40.6 Å². The normalized spacial score (nSPS) is 10.4. The number of ether oxygens (including phenoxy) is 3. The number of nitrogens with zero attached hydrogens (tertiary/aromatic N) is 2. The molecule has 1 amide bonds. The summed E-state index contributed by atoms with van der Waals surface area (Å²) in [5.41, 5.74) is 2.04. The third kappa shape index (κ3) is 4.60. The summed E-state index contributed by atoms with van der Waals surface area (Å²) in [7, 11) is 4.72. The molecule has 0 unspecified atom stereocenters. The van der Waals surface area contributed by atoms with Crippen molar-refractivity contribution in [2.24, 2.45) is 0 Å². The molecule has 0 saturated heterocycles. The fourth-order valence-corrected chi connectivity index (χ4v) is 2.91. The predicted octanol–water partition coefficient (Wildman–Crippen LogP) is 3.42. The zero-order valence-electron chi connectivity index (χ0n) is 17.1. The number of nitrogens with one attached hydrogen (secondary N) is 1. The Morgan fingerprint density at radius 3 is 2.60 bits per heavy atom. The molecular formula is C22H23N3O5. The first-order valence-corrected chi connectivity index (χ1v) is 9.20. The van der Waals surface area contributed by atoms with Crippen LogP contribution in [0.4, 0.5) is 0 Å². The van der Waals surface area contributed by atoms with E-state index in [4.69, 9.17) is 18.7 Å². The van der Waals surface area contributed by atoms with Crippen LogP contribution in [0.1, 0.15) is 21.8 Å². The Kier molecular flexibility index (Phi) is 6.69. The summed E-state index contributed by atoms with van der Waals surface area (Å²) in [6, 6.07) is 10.5. The van der Waals surface area contributed by atoms with Crippen molar-refractivity contribution in [2.75, 3.05) is 21.3 Å². The van der Waals surface area contributed by atoms with Crippen LogP contribution in [-0.4, -0.2) is 37.4 Å². The molecular weight excluding hydrogens is 386 g/mol. The first-order chi connectivity index (χ1) is 14.6. The van der Waals surface area contributed by atoms with Gasteiger partial charge in [-0.1, -0.05) is 11.2 Å². The van der Waals surface area contributed by atoms with Gasteiger partial charge >= 0.3 is 0 Å². The minimum atomic E-state index is -0.259. The highest BCUT2D eigenvalue weighted by Crippen LogP contribution is 2.31. The SMILES string of the molecule is C=CCc1cc(C(=O)NCc2nc(-c3ccc(OC)cc3OC)no2)ccc1OC. The molecule has 0 atom stereocenters. The summed E-state index contributed by atoms with van der Waals surface area (Å²) >= 11 is 0. The monoisotopic (exact) mass is 409 g/mol. The van der Waals surface area contributed by atoms with Gasteiger partial charge in [-0.2, -0.15) is 4.98 Å². The van der Waals surface area contributed by atoms with E-state index < -0.39 is 0 Å². The predicted molar refractivity (Wildman–Crippen MR) is 111 cm³/mol. The summed E-state index contributed by atoms with van der Waals surface area (Å²) in [5, 5.41) is 6.76. The van der Waals surface area contributed by atoms with Gasteiger partial charge in [-0.05, 0) is 42.3 Å². The van der Waals surface area contributed by atoms with Crippen LogP contribution in [0.3, 0.4) is 0 Å². The van der Waals surface area contributed by atoms with Gasteiger partial charge < -0.3 is 24.1 Å². The molecule has 1 N–H and O–H groups in total. The lowest BCUT2D eigenvalue weighted by Crippen LogP contribution is -2.23. The molecule has 1 heterocycles. The number of methoxy groups -OCH3 is 3. The molecule has 0 radical (unpaired) electrons. The standard InChI is InChI=1S/C22H23N3O5/c1-5-6-14-11-15(7-10-18(14)28-3)22(26)23-13-20-24-21(25-30-20)17-9-8-16(27-2)12-19(17)29-4/h5,7-12H,1,6,13H2,2-4H3,(H,23,26). The van der Waals surface area contributed by atoms with Crippen molar-refractivity contribution in [2.45, 2.75) is 13.0 Å². The van der Waals surface area contributed by atoms with Crippen LogP contribution >= 0.6 is 0 Å². The Hall–Kier alpha value is -3.81. The van der Waals surface area contributed by atoms with E-state index in [1.165, 1.54) is 0 Å². The van der Waals surface area contributed by atoms with Crippen molar-refractivity contribution in [3.63, 3.8) is 0 Å². The number of rotatable bonds is 9. The molecule has 156 valence electrons. The third-order valence-electron chi connectivity index (χ3n) is 4.42. The zero-order chi connectivity index (χ0) is 21.5. The van der Waals surface area contributed by atoms with Gasteiger partial charge in [-0.3, -0.25) is 4.79 Å². The summed E-state index contributed by atoms with van der Waals surface area (Å²) in [6.07, 6.45) is 2.36. The molecule has 8 nitrogen and oxygen atoms in total. The number of amides is 1. The maximum atomic E-state index is 12.5. The Bertz CT molecular complexity index is 1050. The second-order valence-corrected chi connectivity index (χ2v) is 6.28. The number of hydrogen-bond acceptors (Lipinski definition) is 7. The van der Waals surface area contributed by atoms with Crippen LogP contribution in [0.25, 0.3) is 11.4 Å². The minimum Gasteiger partial charge on any atom is -0.497 e. The number of hydrogen-bond donors (Lipinski definition) is 1. The van der Waals surface area contributed by atoms with Gasteiger partial charge in [0.25, 0.3) is 5.91 Å². The van der Waals surface area contributed by atoms with Crippen molar-refractivity contribution >= 4 is 5.91 Å². The van der Waals surface area contributed by atoms with Crippen molar-refractivity contribution < 1.29 is 23.5 Å². The maximum absolute atomic E-state index is 12.5. The second kappa shape index (κ2) is 9.60. The van der Waals surface area contributed by atoms with E-state index in [1.807, 2.05) is 0 Å². The van der Waals surface area contributed by atoms with Crippen LogP contribution in [0.5, 0.6) is 17.2 Å². The number of carbonyl (C=O) groups is 1. The smallest absolute Gasteiger partial charge is 0.251 e. The van der Waals surface area contributed by atoms with Gasteiger partial charge in [0.15, 0.2) is 0 Å². The van der Waals surface area contributed by atoms with Crippen LogP contribution in [0.2, 0.25) is 0 Å². The van der Waals surface area contributed by atoms with E-state index >= 15 is 0 Å². The first-order valence-electron chi connectivity index (χ1n) is 9.20. The third-order valence-corrected chi connectivity index (χ3v) is 4.42. The molecule has 0 aliphatic heterocycles. The van der Waals surface area contributed by atoms with E-state index in [-0.39, 0.29) is 18.3 Å². The lowest BCUT2D eigenvalue weighted by Gasteiger charge is -2.09. The largest absolute Gasteiger partial charge is 0.497 e. The summed E-state index contributed by atoms with van der Waals surface area (Å²) < 4.78 is 21.1. The maximum Gasteiger partial charge on any atom is 0.251 e. The Morgan fingerprint density at radius 1 is 1.10 bits per heavy atom. The molecule has 2 aromatic carbocycles. The van der Waals surface area contributed by atoms with Crippen LogP contribution in [0, 0.1) is 0 Å². The fourth-order valence-electron chi connectivity index (χ4n) is 2.91. The van der Waals surface area contributed by atoms with Gasteiger partial charge in [-0.15, -0.1) is 6.58 Å². The molecule has 3 rings (SSSR count). The minimum absolute atomic E-state index is 0.0904. The summed E-state index contributed by atoms with van der Waals surface area (Å²) in [4.78, 5) is 16.9. The quantitative estimate of drug-likeness (QED) is 0.541. The Labute approximate surface area is 174 Å². The highest BCUT2D eigenvalue weighted by Gasteiger charge is 2.16. The zero-order valence-corrected chi connectivity index (χ0v) is 17.1. The van der Waals surface area contributed by atoms with Crippen LogP contribution in [-0.2, 0) is 13.0 Å². The van der Waals surface area contributed by atoms with Crippen molar-refractivity contribution in [3.05, 3.63) is 66.1 Å². The average molecular weight is 409 g/mol. The van der Waals surface area contributed by atoms with Crippen LogP contribution in [0.15, 0.2) is 53.6 Å². The molecule has 0 aliphatic carbocycles. The van der Waals surface area contributed by atoms with Gasteiger partial charge in [0.1, 0.15) is 17.2 Å². The molecule has 0 fully saturated rings. The lowest BCUT2D eigenvalue weighted by atomic mass is 10.1. The molecule has 1 aromatic heterocycles. The second-order valence-electron chi connectivity index (χ2n) is 6.28. The summed E-state index contributed by atoms with van der Waals surface area (Å²) in [5.74, 6) is 2.29. The van der Waals surface area contributed by atoms with Crippen LogP contribution < -0.4 is 19.5 Å². The molecule has 0 bridgehead atoms. The summed E-state index contributed by atoms with van der Waals surface area (Å²) in [6.45, 7) is 3.82. The highest BCUT2D eigenvalue weighted by molar-refractivity contribution is 5.94. The van der Waals surface area contributed by atoms with Gasteiger partial charge in [0.05, 0.1) is 33.4 Å².